The summed E-state index contributed by atoms with van der Waals surface area (Å²) >= 11 is 0. The lowest BCUT2D eigenvalue weighted by atomic mass is 10.1. The minimum Gasteiger partial charge on any atom is -0.470 e. The number of benzene rings is 2. The number of amides is 1. The zero-order chi connectivity index (χ0) is 21.8. The molecule has 1 amide bonds. The fraction of sp³-hybridized carbons (Fsp3) is 0.217. The molecule has 7 nitrogen and oxygen atoms in total. The van der Waals surface area contributed by atoms with E-state index in [0.29, 0.717) is 35.8 Å². The molecule has 2 aromatic carbocycles. The smallest absolute Gasteiger partial charge is 0.257 e. The second kappa shape index (κ2) is 8.77. The number of rotatable bonds is 6. The Bertz CT molecular complexity index is 1150. The van der Waals surface area contributed by atoms with Gasteiger partial charge in [-0.2, -0.15) is 0 Å². The Morgan fingerprint density at radius 2 is 1.81 bits per heavy atom. The number of pyridine rings is 1. The lowest BCUT2D eigenvalue weighted by Gasteiger charge is -2.17. The molecular weight excluding hydrogens is 414 g/mol. The summed E-state index contributed by atoms with van der Waals surface area (Å²) in [4.78, 5) is 16.7. The zero-order valence-corrected chi connectivity index (χ0v) is 17.9. The van der Waals surface area contributed by atoms with Gasteiger partial charge in [0.25, 0.3) is 5.91 Å². The van der Waals surface area contributed by atoms with Gasteiger partial charge in [0.05, 0.1) is 17.0 Å². The average Bonchev–Trinajstić information content (AvgIpc) is 3.14. The van der Waals surface area contributed by atoms with Gasteiger partial charge >= 0.3 is 0 Å². The fourth-order valence-electron chi connectivity index (χ4n) is 3.40. The maximum Gasteiger partial charge on any atom is 0.257 e. The summed E-state index contributed by atoms with van der Waals surface area (Å²) in [6, 6.07) is 19.9. The Morgan fingerprint density at radius 3 is 2.42 bits per heavy atom. The molecule has 1 fully saturated rings. The first kappa shape index (κ1) is 20.9. The summed E-state index contributed by atoms with van der Waals surface area (Å²) in [6.45, 7) is 2.42. The highest BCUT2D eigenvalue weighted by Gasteiger charge is 2.28. The molecule has 0 radical (unpaired) electrons. The molecular formula is C23H23N3O4S. The molecule has 1 aliphatic rings. The van der Waals surface area contributed by atoms with Crippen LogP contribution < -0.4 is 14.4 Å². The molecule has 0 bridgehead atoms. The van der Waals surface area contributed by atoms with E-state index in [-0.39, 0.29) is 17.8 Å². The number of anilines is 2. The van der Waals surface area contributed by atoms with Crippen LogP contribution >= 0.6 is 0 Å². The van der Waals surface area contributed by atoms with Crippen molar-refractivity contribution in [2.75, 3.05) is 21.9 Å². The number of hydrogen-bond acceptors (Lipinski definition) is 5. The van der Waals surface area contributed by atoms with Crippen LogP contribution in [0.5, 0.6) is 5.88 Å². The highest BCUT2D eigenvalue weighted by molar-refractivity contribution is 7.93. The summed E-state index contributed by atoms with van der Waals surface area (Å²) in [5, 5.41) is 2.80. The molecule has 0 aliphatic carbocycles. The van der Waals surface area contributed by atoms with Crippen molar-refractivity contribution in [3.8, 4) is 5.88 Å². The van der Waals surface area contributed by atoms with Gasteiger partial charge in [0.15, 0.2) is 0 Å². The largest absolute Gasteiger partial charge is 0.470 e. The first-order chi connectivity index (χ1) is 14.9. The van der Waals surface area contributed by atoms with Gasteiger partial charge in [0, 0.05) is 24.5 Å². The quantitative estimate of drug-likeness (QED) is 0.629. The molecule has 0 spiro atoms. The number of nitrogens with one attached hydrogen (secondary N) is 1. The molecule has 3 aromatic rings. The summed E-state index contributed by atoms with van der Waals surface area (Å²) in [5.41, 5.74) is 2.61. The van der Waals surface area contributed by atoms with E-state index in [9.17, 15) is 13.2 Å². The van der Waals surface area contributed by atoms with Crippen molar-refractivity contribution in [2.24, 2.45) is 0 Å². The van der Waals surface area contributed by atoms with E-state index in [1.54, 1.807) is 36.4 Å². The van der Waals surface area contributed by atoms with Gasteiger partial charge in [-0.3, -0.25) is 9.10 Å². The number of ether oxygens (including phenoxy) is 1. The highest BCUT2D eigenvalue weighted by atomic mass is 32.2. The van der Waals surface area contributed by atoms with Crippen LogP contribution in [-0.4, -0.2) is 31.6 Å². The lowest BCUT2D eigenvalue weighted by molar-refractivity contribution is 0.102. The SMILES string of the molecule is C[C@H](Oc1ccc(C(=O)Nc2ccc(N3CCCS3(=O)=O)cc2)cn1)c1ccccc1. The van der Waals surface area contributed by atoms with Crippen LogP contribution in [0.15, 0.2) is 72.9 Å². The zero-order valence-electron chi connectivity index (χ0n) is 17.1. The van der Waals surface area contributed by atoms with Gasteiger partial charge in [-0.05, 0) is 49.2 Å². The molecule has 1 saturated heterocycles. The van der Waals surface area contributed by atoms with Crippen LogP contribution in [-0.2, 0) is 10.0 Å². The normalized spacial score (nSPS) is 16.0. The third-order valence-electron chi connectivity index (χ3n) is 5.08. The fourth-order valence-corrected chi connectivity index (χ4v) is 4.97. The first-order valence-electron chi connectivity index (χ1n) is 10.0. The van der Waals surface area contributed by atoms with Crippen molar-refractivity contribution < 1.29 is 17.9 Å². The Hall–Kier alpha value is -3.39. The van der Waals surface area contributed by atoms with E-state index < -0.39 is 10.0 Å². The van der Waals surface area contributed by atoms with Gasteiger partial charge < -0.3 is 10.1 Å². The molecule has 4 rings (SSSR count). The minimum absolute atomic E-state index is 0.161. The van der Waals surface area contributed by atoms with Crippen LogP contribution in [0.3, 0.4) is 0 Å². The van der Waals surface area contributed by atoms with Gasteiger partial charge in [0.2, 0.25) is 15.9 Å². The molecule has 1 N–H and O–H groups in total. The second-order valence-corrected chi connectivity index (χ2v) is 9.31. The third-order valence-corrected chi connectivity index (χ3v) is 6.95. The Labute approximate surface area is 181 Å². The van der Waals surface area contributed by atoms with E-state index in [1.165, 1.54) is 10.5 Å². The van der Waals surface area contributed by atoms with Crippen LogP contribution in [0.4, 0.5) is 11.4 Å². The second-order valence-electron chi connectivity index (χ2n) is 7.30. The number of aromatic nitrogens is 1. The molecule has 160 valence electrons. The monoisotopic (exact) mass is 437 g/mol. The Balaban J connectivity index is 1.37. The van der Waals surface area contributed by atoms with Gasteiger partial charge in [0.1, 0.15) is 6.10 Å². The van der Waals surface area contributed by atoms with Crippen molar-refractivity contribution in [3.63, 3.8) is 0 Å². The van der Waals surface area contributed by atoms with Crippen molar-refractivity contribution in [1.82, 2.24) is 4.98 Å². The van der Waals surface area contributed by atoms with Gasteiger partial charge in [-0.25, -0.2) is 13.4 Å². The van der Waals surface area contributed by atoms with E-state index in [1.807, 2.05) is 37.3 Å². The molecule has 8 heteroatoms. The van der Waals surface area contributed by atoms with Crippen LogP contribution in [0.1, 0.15) is 35.4 Å². The summed E-state index contributed by atoms with van der Waals surface area (Å²) < 4.78 is 31.3. The van der Waals surface area contributed by atoms with E-state index in [0.717, 1.165) is 5.56 Å². The van der Waals surface area contributed by atoms with Crippen molar-refractivity contribution in [2.45, 2.75) is 19.4 Å². The number of hydrogen-bond donors (Lipinski definition) is 1. The summed E-state index contributed by atoms with van der Waals surface area (Å²) in [6.07, 6.45) is 1.93. The molecule has 2 heterocycles. The van der Waals surface area contributed by atoms with E-state index in [4.69, 9.17) is 4.74 Å². The predicted octanol–water partition coefficient (Wildman–Crippen LogP) is 4.01. The topological polar surface area (TPSA) is 88.6 Å². The van der Waals surface area contributed by atoms with Crippen LogP contribution in [0, 0.1) is 0 Å². The van der Waals surface area contributed by atoms with Crippen molar-refractivity contribution in [1.29, 1.82) is 0 Å². The molecule has 0 saturated carbocycles. The Kier molecular flexibility index (Phi) is 5.90. The molecule has 0 unspecified atom stereocenters. The molecule has 1 aromatic heterocycles. The number of nitrogens with zero attached hydrogens (tertiary/aromatic N) is 2. The van der Waals surface area contributed by atoms with Crippen LogP contribution in [0.25, 0.3) is 0 Å². The summed E-state index contributed by atoms with van der Waals surface area (Å²) in [7, 11) is -3.22. The van der Waals surface area contributed by atoms with Gasteiger partial charge in [-0.15, -0.1) is 0 Å². The lowest BCUT2D eigenvalue weighted by Crippen LogP contribution is -2.25. The third kappa shape index (κ3) is 4.86. The molecule has 31 heavy (non-hydrogen) atoms. The van der Waals surface area contributed by atoms with E-state index >= 15 is 0 Å². The minimum atomic E-state index is -3.22. The van der Waals surface area contributed by atoms with Crippen LogP contribution in [0.2, 0.25) is 0 Å². The maximum atomic E-state index is 12.5. The number of carbonyl (C=O) groups is 1. The van der Waals surface area contributed by atoms with E-state index in [2.05, 4.69) is 10.3 Å². The Morgan fingerprint density at radius 1 is 1.06 bits per heavy atom. The molecule has 1 aliphatic heterocycles. The van der Waals surface area contributed by atoms with Gasteiger partial charge in [-0.1, -0.05) is 30.3 Å². The first-order valence-corrected chi connectivity index (χ1v) is 11.6. The standard InChI is InChI=1S/C23H23N3O4S/c1-17(18-6-3-2-4-7-18)30-22-13-8-19(16-24-22)23(27)25-20-9-11-21(12-10-20)26-14-5-15-31(26,28)29/h2-4,6-13,16-17H,5,14-15H2,1H3,(H,25,27)/t17-/m0/s1. The molecule has 1 atom stereocenters. The maximum absolute atomic E-state index is 12.5. The summed E-state index contributed by atoms with van der Waals surface area (Å²) in [5.74, 6) is 0.295. The van der Waals surface area contributed by atoms with Crippen molar-refractivity contribution in [3.05, 3.63) is 84.1 Å². The number of carbonyl (C=O) groups excluding carboxylic acids is 1. The predicted molar refractivity (Wildman–Crippen MR) is 120 cm³/mol. The highest BCUT2D eigenvalue weighted by Crippen LogP contribution is 2.25. The number of sulfonamides is 1. The van der Waals surface area contributed by atoms with Crippen molar-refractivity contribution >= 4 is 27.3 Å². The average molecular weight is 438 g/mol.